The quantitative estimate of drug-likeness (QED) is 0.554. The van der Waals surface area contributed by atoms with Gasteiger partial charge in [0.1, 0.15) is 0 Å². The molecule has 5 rings (SSSR count). The number of anilines is 2. The minimum absolute atomic E-state index is 0.468. The molecule has 0 amide bonds. The number of halogens is 1. The Morgan fingerprint density at radius 3 is 2.68 bits per heavy atom. The highest BCUT2D eigenvalue weighted by atomic mass is 127. The van der Waals surface area contributed by atoms with E-state index in [-0.39, 0.29) is 0 Å². The second-order valence-corrected chi connectivity index (χ2v) is 7.23. The van der Waals surface area contributed by atoms with Crippen molar-refractivity contribution in [3.63, 3.8) is 0 Å². The first kappa shape index (κ1) is 12.7. The Morgan fingerprint density at radius 1 is 0.955 bits per heavy atom. The summed E-state index contributed by atoms with van der Waals surface area (Å²) >= 11 is 2.45. The van der Waals surface area contributed by atoms with Crippen molar-refractivity contribution in [2.45, 2.75) is 5.92 Å². The van der Waals surface area contributed by atoms with E-state index in [9.17, 15) is 0 Å². The Hall–Kier alpha value is -1.81. The molecule has 0 aromatic heterocycles. The smallest absolute Gasteiger partial charge is 0.0503 e. The van der Waals surface area contributed by atoms with Crippen molar-refractivity contribution in [2.75, 3.05) is 4.90 Å². The van der Waals surface area contributed by atoms with Crippen molar-refractivity contribution in [2.24, 2.45) is 5.92 Å². The van der Waals surface area contributed by atoms with Crippen molar-refractivity contribution >= 4 is 40.0 Å². The van der Waals surface area contributed by atoms with E-state index in [4.69, 9.17) is 0 Å². The summed E-state index contributed by atoms with van der Waals surface area (Å²) in [7, 11) is 0. The van der Waals surface area contributed by atoms with Gasteiger partial charge in [0.05, 0.1) is 5.69 Å². The van der Waals surface area contributed by atoms with Gasteiger partial charge in [-0.15, -0.1) is 0 Å². The molecular formula is C20H14IN. The van der Waals surface area contributed by atoms with Gasteiger partial charge in [0.25, 0.3) is 0 Å². The van der Waals surface area contributed by atoms with Crippen LogP contribution in [0.15, 0.2) is 76.0 Å². The lowest BCUT2D eigenvalue weighted by Gasteiger charge is -2.30. The van der Waals surface area contributed by atoms with E-state index >= 15 is 0 Å². The van der Waals surface area contributed by atoms with Gasteiger partial charge in [-0.05, 0) is 58.0 Å². The van der Waals surface area contributed by atoms with Gasteiger partial charge < -0.3 is 4.90 Å². The Labute approximate surface area is 143 Å². The molecule has 2 aromatic rings. The summed E-state index contributed by atoms with van der Waals surface area (Å²) in [6, 6.07) is 17.4. The zero-order valence-electron chi connectivity index (χ0n) is 11.9. The van der Waals surface area contributed by atoms with Crippen molar-refractivity contribution in [1.82, 2.24) is 0 Å². The molecule has 2 heteroatoms. The van der Waals surface area contributed by atoms with Gasteiger partial charge >= 0.3 is 0 Å². The molecule has 1 nitrogen and oxygen atoms in total. The summed E-state index contributed by atoms with van der Waals surface area (Å²) in [5.74, 6) is 0.948. The Balaban J connectivity index is 1.82. The van der Waals surface area contributed by atoms with E-state index in [1.165, 1.54) is 31.8 Å². The zero-order chi connectivity index (χ0) is 14.7. The van der Waals surface area contributed by atoms with E-state index in [1.807, 2.05) is 0 Å². The summed E-state index contributed by atoms with van der Waals surface area (Å²) in [5, 5.41) is 0. The van der Waals surface area contributed by atoms with Crippen LogP contribution >= 0.6 is 22.6 Å². The van der Waals surface area contributed by atoms with Crippen LogP contribution in [0.2, 0.25) is 0 Å². The minimum Gasteiger partial charge on any atom is -0.313 e. The SMILES string of the molecule is IC1=CC2C=Cc3cccc4c3C2C(=C1)N4c1ccccc1. The summed E-state index contributed by atoms with van der Waals surface area (Å²) in [4.78, 5) is 2.44. The second kappa shape index (κ2) is 4.59. The molecule has 2 aliphatic carbocycles. The first-order valence-electron chi connectivity index (χ1n) is 7.58. The van der Waals surface area contributed by atoms with E-state index in [2.05, 4.69) is 100 Å². The largest absolute Gasteiger partial charge is 0.313 e. The molecule has 2 unspecified atom stereocenters. The lowest BCUT2D eigenvalue weighted by Crippen LogP contribution is -2.20. The van der Waals surface area contributed by atoms with Crippen LogP contribution in [0.4, 0.5) is 11.4 Å². The number of allylic oxidation sites excluding steroid dienone is 5. The number of hydrogen-bond acceptors (Lipinski definition) is 1. The zero-order valence-corrected chi connectivity index (χ0v) is 14.1. The molecule has 2 atom stereocenters. The van der Waals surface area contributed by atoms with Gasteiger partial charge in [0, 0.05) is 26.8 Å². The van der Waals surface area contributed by atoms with Gasteiger partial charge in [-0.3, -0.25) is 0 Å². The van der Waals surface area contributed by atoms with Crippen LogP contribution in [-0.4, -0.2) is 0 Å². The van der Waals surface area contributed by atoms with Crippen LogP contribution in [0, 0.1) is 5.92 Å². The molecule has 3 aliphatic rings. The maximum atomic E-state index is 2.45. The van der Waals surface area contributed by atoms with E-state index < -0.39 is 0 Å². The van der Waals surface area contributed by atoms with Crippen LogP contribution in [0.3, 0.4) is 0 Å². The standard InChI is InChI=1S/C20H14IN/c21-15-11-14-10-9-13-5-4-8-17-19(13)20(14)18(12-15)22(17)16-6-2-1-3-7-16/h1-12,14,20H. The average Bonchev–Trinajstić information content (AvgIpc) is 2.88. The van der Waals surface area contributed by atoms with Crippen molar-refractivity contribution < 1.29 is 0 Å². The number of para-hydroxylation sites is 1. The van der Waals surface area contributed by atoms with Crippen molar-refractivity contribution in [3.8, 4) is 0 Å². The topological polar surface area (TPSA) is 3.24 Å². The molecule has 0 fully saturated rings. The highest BCUT2D eigenvalue weighted by Gasteiger charge is 2.42. The molecule has 0 N–H and O–H groups in total. The molecule has 0 saturated heterocycles. The predicted octanol–water partition coefficient (Wildman–Crippen LogP) is 5.78. The van der Waals surface area contributed by atoms with E-state index in [0.29, 0.717) is 11.8 Å². The first-order chi connectivity index (χ1) is 10.8. The number of benzene rings is 2. The normalized spacial score (nSPS) is 24.0. The predicted molar refractivity (Wildman–Crippen MR) is 100 cm³/mol. The lowest BCUT2D eigenvalue weighted by atomic mass is 9.77. The minimum atomic E-state index is 0.468. The van der Waals surface area contributed by atoms with Gasteiger partial charge in [-0.25, -0.2) is 0 Å². The maximum Gasteiger partial charge on any atom is 0.0503 e. The highest BCUT2D eigenvalue weighted by Crippen LogP contribution is 2.56. The van der Waals surface area contributed by atoms with Crippen molar-refractivity contribution in [3.05, 3.63) is 87.2 Å². The third-order valence-corrected chi connectivity index (χ3v) is 5.45. The van der Waals surface area contributed by atoms with E-state index in [1.54, 1.807) is 0 Å². The monoisotopic (exact) mass is 395 g/mol. The lowest BCUT2D eigenvalue weighted by molar-refractivity contribution is 0.672. The molecular weight excluding hydrogens is 381 g/mol. The van der Waals surface area contributed by atoms with Gasteiger partial charge in [0.15, 0.2) is 0 Å². The molecule has 0 saturated carbocycles. The molecule has 0 bridgehead atoms. The Bertz CT molecular complexity index is 861. The van der Waals surface area contributed by atoms with Crippen molar-refractivity contribution in [1.29, 1.82) is 0 Å². The molecule has 2 aromatic carbocycles. The summed E-state index contributed by atoms with van der Waals surface area (Å²) in [5.41, 5.74) is 6.86. The highest BCUT2D eigenvalue weighted by molar-refractivity contribution is 14.1. The van der Waals surface area contributed by atoms with Gasteiger partial charge in [0.2, 0.25) is 0 Å². The summed E-state index contributed by atoms with van der Waals surface area (Å²) in [6.45, 7) is 0. The fraction of sp³-hybridized carbons (Fsp3) is 0.100. The fourth-order valence-electron chi connectivity index (χ4n) is 3.94. The van der Waals surface area contributed by atoms with Crippen LogP contribution in [0.1, 0.15) is 17.0 Å². The Kier molecular flexibility index (Phi) is 2.65. The Morgan fingerprint density at radius 2 is 1.82 bits per heavy atom. The summed E-state index contributed by atoms with van der Waals surface area (Å²) < 4.78 is 1.33. The maximum absolute atomic E-state index is 2.45. The van der Waals surface area contributed by atoms with Crippen LogP contribution < -0.4 is 4.90 Å². The molecule has 0 spiro atoms. The third kappa shape index (κ3) is 1.64. The third-order valence-electron chi connectivity index (χ3n) is 4.78. The molecule has 1 heterocycles. The molecule has 1 aliphatic heterocycles. The van der Waals surface area contributed by atoms with Gasteiger partial charge in [-0.2, -0.15) is 0 Å². The van der Waals surface area contributed by atoms with Crippen LogP contribution in [0.25, 0.3) is 6.08 Å². The molecule has 0 radical (unpaired) electrons. The second-order valence-electron chi connectivity index (χ2n) is 5.99. The number of rotatable bonds is 1. The average molecular weight is 395 g/mol. The number of nitrogens with zero attached hydrogens (tertiary/aromatic N) is 1. The summed E-state index contributed by atoms with van der Waals surface area (Å²) in [6.07, 6.45) is 9.38. The van der Waals surface area contributed by atoms with E-state index in [0.717, 1.165) is 0 Å². The number of hydrogen-bond donors (Lipinski definition) is 0. The first-order valence-corrected chi connectivity index (χ1v) is 8.66. The van der Waals surface area contributed by atoms with Crippen LogP contribution in [0.5, 0.6) is 0 Å². The fourth-order valence-corrected chi connectivity index (χ4v) is 4.67. The van der Waals surface area contributed by atoms with Crippen LogP contribution in [-0.2, 0) is 0 Å². The molecule has 106 valence electrons. The molecule has 22 heavy (non-hydrogen) atoms. The van der Waals surface area contributed by atoms with Gasteiger partial charge in [-0.1, -0.05) is 48.6 Å².